The van der Waals surface area contributed by atoms with E-state index in [1.165, 1.54) is 11.2 Å². The molecule has 7 rings (SSSR count). The molecule has 0 bridgehead atoms. The fourth-order valence-corrected chi connectivity index (χ4v) is 8.17. The van der Waals surface area contributed by atoms with Gasteiger partial charge in [-0.1, -0.05) is 74.8 Å². The molecular formula is C45H49ClN8O6S. The second kappa shape index (κ2) is 19.2. The van der Waals surface area contributed by atoms with Gasteiger partial charge in [0.1, 0.15) is 48.8 Å². The van der Waals surface area contributed by atoms with E-state index in [4.69, 9.17) is 21.1 Å². The minimum absolute atomic E-state index is 0.0167. The number of aromatic nitrogens is 4. The Morgan fingerprint density at radius 1 is 0.984 bits per heavy atom. The smallest absolute Gasteiger partial charge is 0.246 e. The third-order valence-electron chi connectivity index (χ3n) is 10.4. The molecule has 0 radical (unpaired) electrons. The third-order valence-corrected chi connectivity index (χ3v) is 11.8. The molecule has 1 fully saturated rings. The predicted molar refractivity (Wildman–Crippen MR) is 236 cm³/mol. The number of nitrogens with zero attached hydrogens (tertiary/aromatic N) is 4. The van der Waals surface area contributed by atoms with Crippen LogP contribution in [-0.4, -0.2) is 92.2 Å². The summed E-state index contributed by atoms with van der Waals surface area (Å²) in [6.07, 6.45) is 0.734. The number of likely N-dealkylation sites (tertiary alicyclic amines) is 1. The summed E-state index contributed by atoms with van der Waals surface area (Å²) < 4.78 is 11.5. The van der Waals surface area contributed by atoms with Crippen LogP contribution in [0.1, 0.15) is 44.0 Å². The van der Waals surface area contributed by atoms with Crippen molar-refractivity contribution in [3.8, 4) is 27.4 Å². The Labute approximate surface area is 363 Å². The van der Waals surface area contributed by atoms with Crippen molar-refractivity contribution in [3.05, 3.63) is 113 Å². The van der Waals surface area contributed by atoms with Crippen LogP contribution in [0.3, 0.4) is 0 Å². The number of amides is 3. The van der Waals surface area contributed by atoms with Crippen LogP contribution >= 0.6 is 22.9 Å². The second-order valence-electron chi connectivity index (χ2n) is 16.0. The molecule has 0 saturated carbocycles. The van der Waals surface area contributed by atoms with E-state index in [0.29, 0.717) is 28.8 Å². The first-order chi connectivity index (χ1) is 29.3. The highest BCUT2D eigenvalue weighted by Gasteiger charge is 2.44. The van der Waals surface area contributed by atoms with E-state index >= 15 is 0 Å². The normalized spacial score (nSPS) is 15.7. The number of carbonyl (C=O) groups is 3. The fraction of sp³-hybridized carbons (Fsp3) is 0.333. The number of anilines is 1. The molecule has 5 N–H and O–H groups in total. The molecule has 0 unspecified atom stereocenters. The van der Waals surface area contributed by atoms with E-state index < -0.39 is 35.4 Å². The number of β-amino-alcohol motifs (C(OH)–C–C–N with tert-alkyl or cyclic N) is 1. The Morgan fingerprint density at radius 3 is 2.46 bits per heavy atom. The molecule has 0 spiro atoms. The maximum Gasteiger partial charge on any atom is 0.246 e. The van der Waals surface area contributed by atoms with Crippen molar-refractivity contribution in [3.63, 3.8) is 0 Å². The number of rotatable bonds is 16. The molecule has 1 aliphatic heterocycles. The molecule has 14 nitrogen and oxygen atoms in total. The molecule has 3 amide bonds. The average Bonchev–Trinajstić information content (AvgIpc) is 3.99. The maximum absolute atomic E-state index is 14.0. The number of H-pyrrole nitrogens is 1. The maximum atomic E-state index is 14.0. The SMILES string of the molecule is Cc1ncsc1-c1ccc(CNC(=O)[C@@H]2C[C@@H](O)CN2C(=O)[C@@H](NC(=O)COCCOc2ccc(-c3cc4c(NCc5ccccc5Cl)ncnc4[nH]3)cc2)C(C)(C)C)cc1. The summed E-state index contributed by atoms with van der Waals surface area (Å²) in [7, 11) is 0. The van der Waals surface area contributed by atoms with Crippen molar-refractivity contribution in [2.75, 3.05) is 31.7 Å². The third kappa shape index (κ3) is 10.7. The lowest BCUT2D eigenvalue weighted by Gasteiger charge is -2.35. The summed E-state index contributed by atoms with van der Waals surface area (Å²) in [6, 6.07) is 23.2. The summed E-state index contributed by atoms with van der Waals surface area (Å²) in [5.41, 5.74) is 7.48. The van der Waals surface area contributed by atoms with Crippen LogP contribution in [0.2, 0.25) is 5.02 Å². The number of carbonyl (C=O) groups excluding carboxylic acids is 3. The van der Waals surface area contributed by atoms with Crippen molar-refractivity contribution < 1.29 is 29.0 Å². The van der Waals surface area contributed by atoms with E-state index in [9.17, 15) is 19.5 Å². The van der Waals surface area contributed by atoms with Gasteiger partial charge in [-0.25, -0.2) is 15.0 Å². The number of benzene rings is 3. The number of nitrogens with one attached hydrogen (secondary N) is 4. The lowest BCUT2D eigenvalue weighted by Crippen LogP contribution is -2.58. The van der Waals surface area contributed by atoms with Crippen molar-refractivity contribution >= 4 is 57.5 Å². The van der Waals surface area contributed by atoms with Crippen LogP contribution < -0.4 is 20.7 Å². The lowest BCUT2D eigenvalue weighted by molar-refractivity contribution is -0.144. The number of aliphatic hydroxyl groups excluding tert-OH is 1. The van der Waals surface area contributed by atoms with Gasteiger partial charge in [0, 0.05) is 36.8 Å². The Bertz CT molecular complexity index is 2470. The number of hydrogen-bond acceptors (Lipinski definition) is 11. The topological polar surface area (TPSA) is 184 Å². The van der Waals surface area contributed by atoms with Crippen LogP contribution in [0.15, 0.2) is 90.7 Å². The fourth-order valence-electron chi connectivity index (χ4n) is 7.15. The van der Waals surface area contributed by atoms with Gasteiger partial charge in [-0.2, -0.15) is 0 Å². The van der Waals surface area contributed by atoms with Crippen LogP contribution in [0.4, 0.5) is 5.82 Å². The summed E-state index contributed by atoms with van der Waals surface area (Å²) in [5.74, 6) is 0.0165. The molecular weight excluding hydrogens is 816 g/mol. The molecule has 3 aromatic heterocycles. The number of hydrogen-bond donors (Lipinski definition) is 5. The van der Waals surface area contributed by atoms with Gasteiger partial charge in [-0.3, -0.25) is 14.4 Å². The van der Waals surface area contributed by atoms with Gasteiger partial charge < -0.3 is 40.4 Å². The van der Waals surface area contributed by atoms with Crippen LogP contribution in [0.5, 0.6) is 5.75 Å². The van der Waals surface area contributed by atoms with Crippen molar-refractivity contribution in [2.24, 2.45) is 5.41 Å². The average molecular weight is 865 g/mol. The van der Waals surface area contributed by atoms with E-state index in [1.807, 2.05) is 112 Å². The molecule has 6 aromatic rings. The van der Waals surface area contributed by atoms with E-state index in [1.54, 1.807) is 11.3 Å². The predicted octanol–water partition coefficient (Wildman–Crippen LogP) is 6.53. The molecule has 61 heavy (non-hydrogen) atoms. The summed E-state index contributed by atoms with van der Waals surface area (Å²) >= 11 is 7.90. The number of aliphatic hydroxyl groups is 1. The Balaban J connectivity index is 0.866. The zero-order valence-electron chi connectivity index (χ0n) is 34.4. The summed E-state index contributed by atoms with van der Waals surface area (Å²) in [6.45, 7) is 8.24. The first-order valence-corrected chi connectivity index (χ1v) is 21.3. The number of aromatic amines is 1. The van der Waals surface area contributed by atoms with E-state index in [-0.39, 0.29) is 45.2 Å². The van der Waals surface area contributed by atoms with Crippen LogP contribution in [-0.2, 0) is 32.2 Å². The Hall–Kier alpha value is -5.87. The number of thiazole rings is 1. The van der Waals surface area contributed by atoms with Crippen molar-refractivity contribution in [2.45, 2.75) is 65.4 Å². The van der Waals surface area contributed by atoms with Gasteiger partial charge in [-0.05, 0) is 71.0 Å². The van der Waals surface area contributed by atoms with Crippen LogP contribution in [0, 0.1) is 12.3 Å². The zero-order chi connectivity index (χ0) is 43.1. The Morgan fingerprint density at radius 2 is 1.74 bits per heavy atom. The standard InChI is InChI=1S/C45H49ClN8O6S/c1-27-39(61-26-51-27)30-11-9-28(10-12-30)21-48-43(57)37-19-32(55)23-54(37)44(58)40(45(2,3)4)53-38(56)24-59-17-18-60-33-15-13-29(14-16-33)36-20-34-41(49-25-50-42(34)52-36)47-22-31-7-5-6-8-35(31)46/h5-16,20,25-26,32,37,40,55H,17-19,21-24H2,1-4H3,(H,48,57)(H,53,56)(H2,47,49,50,52)/t32-,37+,40-/m1/s1. The summed E-state index contributed by atoms with van der Waals surface area (Å²) in [4.78, 5) is 59.4. The lowest BCUT2D eigenvalue weighted by atomic mass is 9.85. The van der Waals surface area contributed by atoms with Gasteiger partial charge in [-0.15, -0.1) is 11.3 Å². The van der Waals surface area contributed by atoms with Gasteiger partial charge in [0.25, 0.3) is 0 Å². The second-order valence-corrected chi connectivity index (χ2v) is 17.2. The molecule has 318 valence electrons. The highest BCUT2D eigenvalue weighted by Crippen LogP contribution is 2.30. The largest absolute Gasteiger partial charge is 0.491 e. The number of aryl methyl sites for hydroxylation is 1. The Kier molecular flexibility index (Phi) is 13.6. The first-order valence-electron chi connectivity index (χ1n) is 20.0. The quantitative estimate of drug-likeness (QED) is 0.0671. The van der Waals surface area contributed by atoms with Crippen LogP contribution in [0.25, 0.3) is 32.7 Å². The zero-order valence-corrected chi connectivity index (χ0v) is 36.0. The minimum atomic E-state index is -0.970. The van der Waals surface area contributed by atoms with Crippen molar-refractivity contribution in [1.82, 2.24) is 35.5 Å². The van der Waals surface area contributed by atoms with E-state index in [2.05, 4.69) is 35.9 Å². The molecule has 4 heterocycles. The van der Waals surface area contributed by atoms with Gasteiger partial charge in [0.2, 0.25) is 17.7 Å². The minimum Gasteiger partial charge on any atom is -0.491 e. The van der Waals surface area contributed by atoms with Gasteiger partial charge in [0.05, 0.1) is 34.2 Å². The van der Waals surface area contributed by atoms with E-state index in [0.717, 1.165) is 43.9 Å². The highest BCUT2D eigenvalue weighted by molar-refractivity contribution is 7.13. The van der Waals surface area contributed by atoms with Gasteiger partial charge >= 0.3 is 0 Å². The molecule has 1 aliphatic rings. The highest BCUT2D eigenvalue weighted by atomic mass is 35.5. The summed E-state index contributed by atoms with van der Waals surface area (Å²) in [5, 5.41) is 21.2. The van der Waals surface area contributed by atoms with Crippen molar-refractivity contribution in [1.29, 1.82) is 0 Å². The first kappa shape index (κ1) is 43.2. The number of halogens is 1. The monoisotopic (exact) mass is 864 g/mol. The number of fused-ring (bicyclic) bond motifs is 1. The molecule has 1 saturated heterocycles. The van der Waals surface area contributed by atoms with Gasteiger partial charge in [0.15, 0.2) is 0 Å². The molecule has 0 aliphatic carbocycles. The molecule has 3 aromatic carbocycles. The molecule has 3 atom stereocenters. The molecule has 16 heteroatoms. The number of ether oxygens (including phenoxy) is 2.